The number of nitrogens with zero attached hydrogens (tertiary/aromatic N) is 2. The molecule has 4 saturated carbocycles. The summed E-state index contributed by atoms with van der Waals surface area (Å²) >= 11 is 1.27. The van der Waals surface area contributed by atoms with Crippen LogP contribution in [0.25, 0.3) is 16.5 Å². The van der Waals surface area contributed by atoms with Gasteiger partial charge in [0.05, 0.1) is 23.1 Å². The van der Waals surface area contributed by atoms with Crippen molar-refractivity contribution in [2.45, 2.75) is 52.4 Å². The number of nitrogens with one attached hydrogen (secondary N) is 1. The fourth-order valence-corrected chi connectivity index (χ4v) is 7.98. The molecule has 0 spiro atoms. The molecule has 0 saturated heterocycles. The number of amides is 1. The lowest BCUT2D eigenvalue weighted by atomic mass is 9.49. The molecule has 2 heterocycles. The van der Waals surface area contributed by atoms with Gasteiger partial charge in [0.25, 0.3) is 5.56 Å². The number of thiophene rings is 1. The summed E-state index contributed by atoms with van der Waals surface area (Å²) in [4.78, 5) is 40.2. The Hall–Kier alpha value is -3.00. The highest BCUT2D eigenvalue weighted by atomic mass is 32.1. The summed E-state index contributed by atoms with van der Waals surface area (Å²) in [5.74, 6) is 1.37. The first kappa shape index (κ1) is 22.5. The van der Waals surface area contributed by atoms with Crippen molar-refractivity contribution in [2.24, 2.45) is 23.2 Å². The summed E-state index contributed by atoms with van der Waals surface area (Å²) in [6, 6.07) is 7.40. The monoisotopic (exact) mass is 491 g/mol. The zero-order valence-corrected chi connectivity index (χ0v) is 20.8. The molecule has 0 aliphatic heterocycles. The maximum atomic E-state index is 13.7. The minimum absolute atomic E-state index is 0.0244. The first-order valence-electron chi connectivity index (χ1n) is 12.5. The summed E-state index contributed by atoms with van der Waals surface area (Å²) < 4.78 is 6.49. The zero-order valence-electron chi connectivity index (χ0n) is 20.0. The third-order valence-corrected chi connectivity index (χ3v) is 9.01. The Morgan fingerprint density at radius 2 is 1.86 bits per heavy atom. The van der Waals surface area contributed by atoms with E-state index >= 15 is 0 Å². The molecule has 2 aromatic heterocycles. The minimum atomic E-state index is -0.587. The van der Waals surface area contributed by atoms with Crippen LogP contribution in [0, 0.1) is 30.1 Å². The number of hydrogen-bond donors (Lipinski definition) is 1. The number of ether oxygens (including phenoxy) is 1. The van der Waals surface area contributed by atoms with Gasteiger partial charge in [-0.15, -0.1) is 11.3 Å². The van der Waals surface area contributed by atoms with Crippen LogP contribution in [-0.2, 0) is 9.53 Å². The average Bonchev–Trinajstić information content (AvgIpc) is 3.22. The Morgan fingerprint density at radius 1 is 1.17 bits per heavy atom. The molecule has 182 valence electrons. The second-order valence-corrected chi connectivity index (χ2v) is 11.5. The molecule has 4 aliphatic carbocycles. The third-order valence-electron chi connectivity index (χ3n) is 8.11. The highest BCUT2D eigenvalue weighted by Crippen LogP contribution is 2.60. The number of hydrogen-bond acceptors (Lipinski definition) is 6. The van der Waals surface area contributed by atoms with E-state index in [1.807, 2.05) is 25.1 Å². The quantitative estimate of drug-likeness (QED) is 0.502. The number of esters is 1. The molecule has 7 rings (SSSR count). The number of fused-ring (bicyclic) bond motifs is 1. The molecule has 3 aromatic rings. The molecule has 4 fully saturated rings. The van der Waals surface area contributed by atoms with E-state index in [9.17, 15) is 14.4 Å². The maximum Gasteiger partial charge on any atom is 0.359 e. The van der Waals surface area contributed by atoms with Gasteiger partial charge in [-0.05, 0) is 87.8 Å². The molecule has 35 heavy (non-hydrogen) atoms. The van der Waals surface area contributed by atoms with Gasteiger partial charge < -0.3 is 10.1 Å². The van der Waals surface area contributed by atoms with Crippen LogP contribution in [-0.4, -0.2) is 28.3 Å². The molecule has 1 amide bonds. The van der Waals surface area contributed by atoms with Crippen LogP contribution in [0.5, 0.6) is 0 Å². The molecule has 0 radical (unpaired) electrons. The zero-order chi connectivity index (χ0) is 24.3. The molecule has 0 atom stereocenters. The van der Waals surface area contributed by atoms with Crippen LogP contribution in [0.15, 0.2) is 34.4 Å². The second-order valence-electron chi connectivity index (χ2n) is 10.6. The van der Waals surface area contributed by atoms with Crippen molar-refractivity contribution >= 4 is 39.0 Å². The molecule has 1 N–H and O–H groups in total. The number of rotatable bonds is 5. The van der Waals surface area contributed by atoms with Gasteiger partial charge in [0.2, 0.25) is 5.91 Å². The fourth-order valence-electron chi connectivity index (χ4n) is 7.05. The summed E-state index contributed by atoms with van der Waals surface area (Å²) in [6.07, 6.45) is 6.59. The van der Waals surface area contributed by atoms with Crippen molar-refractivity contribution in [1.82, 2.24) is 9.78 Å². The smallest absolute Gasteiger partial charge is 0.359 e. The number of anilines is 1. The van der Waals surface area contributed by atoms with Crippen molar-refractivity contribution in [1.29, 1.82) is 0 Å². The van der Waals surface area contributed by atoms with E-state index in [2.05, 4.69) is 10.4 Å². The van der Waals surface area contributed by atoms with Gasteiger partial charge in [0.1, 0.15) is 5.00 Å². The fraction of sp³-hybridized carbons (Fsp3) is 0.481. The van der Waals surface area contributed by atoms with E-state index in [0.29, 0.717) is 39.2 Å². The highest BCUT2D eigenvalue weighted by molar-refractivity contribution is 7.16. The predicted octanol–water partition coefficient (Wildman–Crippen LogP) is 5.09. The first-order chi connectivity index (χ1) is 16.9. The SMILES string of the molecule is CCOC(=O)c1nn(-c2cccc(C)c2)c(=O)c2c(NC(=O)C34CC5CC(CC(C5)C3)C4)scc12. The van der Waals surface area contributed by atoms with Crippen molar-refractivity contribution in [3.05, 3.63) is 51.3 Å². The van der Waals surface area contributed by atoms with Gasteiger partial charge in [0, 0.05) is 10.8 Å². The van der Waals surface area contributed by atoms with E-state index in [0.717, 1.165) is 24.8 Å². The summed E-state index contributed by atoms with van der Waals surface area (Å²) in [5, 5.41) is 10.5. The topological polar surface area (TPSA) is 90.3 Å². The number of carbonyl (C=O) groups is 2. The normalized spacial score (nSPS) is 26.7. The van der Waals surface area contributed by atoms with Crippen molar-refractivity contribution < 1.29 is 14.3 Å². The Labute approximate surface area is 207 Å². The van der Waals surface area contributed by atoms with E-state index in [1.165, 1.54) is 35.3 Å². The largest absolute Gasteiger partial charge is 0.461 e. The van der Waals surface area contributed by atoms with Gasteiger partial charge in [0.15, 0.2) is 5.69 Å². The van der Waals surface area contributed by atoms with Gasteiger partial charge in [-0.25, -0.2) is 4.79 Å². The van der Waals surface area contributed by atoms with Crippen LogP contribution in [0.4, 0.5) is 5.00 Å². The van der Waals surface area contributed by atoms with E-state index in [-0.39, 0.29) is 29.2 Å². The number of carbonyl (C=O) groups excluding carboxylic acids is 2. The number of aryl methyl sites for hydroxylation is 1. The lowest BCUT2D eigenvalue weighted by Gasteiger charge is -2.55. The number of benzene rings is 1. The van der Waals surface area contributed by atoms with Crippen molar-refractivity contribution in [2.75, 3.05) is 11.9 Å². The van der Waals surface area contributed by atoms with Gasteiger partial charge in [-0.1, -0.05) is 12.1 Å². The molecule has 1 aromatic carbocycles. The number of aromatic nitrogens is 2. The van der Waals surface area contributed by atoms with E-state index in [1.54, 1.807) is 18.4 Å². The molecule has 4 aliphatic rings. The Balaban J connectivity index is 1.44. The summed E-state index contributed by atoms with van der Waals surface area (Å²) in [7, 11) is 0. The second kappa shape index (κ2) is 8.29. The summed E-state index contributed by atoms with van der Waals surface area (Å²) in [6.45, 7) is 3.86. The molecule has 0 unspecified atom stereocenters. The van der Waals surface area contributed by atoms with Gasteiger partial charge in [-0.3, -0.25) is 9.59 Å². The molecule has 8 heteroatoms. The van der Waals surface area contributed by atoms with Crippen LogP contribution in [0.2, 0.25) is 0 Å². The third kappa shape index (κ3) is 3.69. The van der Waals surface area contributed by atoms with Crippen molar-refractivity contribution in [3.8, 4) is 5.69 Å². The van der Waals surface area contributed by atoms with Gasteiger partial charge in [-0.2, -0.15) is 9.78 Å². The molecule has 4 bridgehead atoms. The maximum absolute atomic E-state index is 13.7. The van der Waals surface area contributed by atoms with Crippen LogP contribution < -0.4 is 10.9 Å². The van der Waals surface area contributed by atoms with Gasteiger partial charge >= 0.3 is 5.97 Å². The predicted molar refractivity (Wildman–Crippen MR) is 135 cm³/mol. The Kier molecular flexibility index (Phi) is 5.32. The lowest BCUT2D eigenvalue weighted by molar-refractivity contribution is -0.140. The van der Waals surface area contributed by atoms with Crippen LogP contribution >= 0.6 is 11.3 Å². The Morgan fingerprint density at radius 3 is 2.49 bits per heavy atom. The molecular weight excluding hydrogens is 462 g/mol. The molecule has 7 nitrogen and oxygen atoms in total. The van der Waals surface area contributed by atoms with Crippen molar-refractivity contribution in [3.63, 3.8) is 0 Å². The first-order valence-corrected chi connectivity index (χ1v) is 13.3. The van der Waals surface area contributed by atoms with Crippen LogP contribution in [0.3, 0.4) is 0 Å². The molecular formula is C27H29N3O4S. The highest BCUT2D eigenvalue weighted by Gasteiger charge is 2.54. The van der Waals surface area contributed by atoms with Crippen LogP contribution in [0.1, 0.15) is 61.5 Å². The Bertz CT molecular complexity index is 1370. The van der Waals surface area contributed by atoms with E-state index in [4.69, 9.17) is 4.74 Å². The summed E-state index contributed by atoms with van der Waals surface area (Å²) in [5.41, 5.74) is 0.911. The van der Waals surface area contributed by atoms with E-state index < -0.39 is 5.97 Å². The standard InChI is InChI=1S/C27H29N3O4S/c1-3-34-25(32)22-20-14-35-23(21(20)24(31)30(29-22)19-6-4-5-15(2)7-19)28-26(33)27-11-16-8-17(12-27)10-18(9-16)13-27/h4-7,14,16-18H,3,8-13H2,1-2H3,(H,28,33). The average molecular weight is 492 g/mol. The lowest BCUT2D eigenvalue weighted by Crippen LogP contribution is -2.51. The minimum Gasteiger partial charge on any atom is -0.461 e.